The molecule has 3 heterocycles. The Hall–Kier alpha value is -1.97. The van der Waals surface area contributed by atoms with Gasteiger partial charge in [0.05, 0.1) is 31.0 Å². The van der Waals surface area contributed by atoms with Gasteiger partial charge in [0.15, 0.2) is 0 Å². The van der Waals surface area contributed by atoms with Gasteiger partial charge in [0, 0.05) is 42.9 Å². The maximum Gasteiger partial charge on any atom is 0.355 e. The predicted molar refractivity (Wildman–Crippen MR) is 132 cm³/mol. The van der Waals surface area contributed by atoms with Crippen LogP contribution in [0.25, 0.3) is 0 Å². The molecule has 8 heteroatoms. The molecule has 1 spiro atoms. The smallest absolute Gasteiger partial charge is 0.355 e. The van der Waals surface area contributed by atoms with Crippen molar-refractivity contribution in [1.29, 1.82) is 0 Å². The Kier molecular flexibility index (Phi) is 6.93. The summed E-state index contributed by atoms with van der Waals surface area (Å²) in [6.07, 6.45) is 5.85. The fourth-order valence-electron chi connectivity index (χ4n) is 7.23. The van der Waals surface area contributed by atoms with Gasteiger partial charge in [0.2, 0.25) is 0 Å². The Morgan fingerprint density at radius 3 is 2.75 bits per heavy atom. The third-order valence-corrected chi connectivity index (χ3v) is 8.99. The van der Waals surface area contributed by atoms with Crippen LogP contribution in [0.1, 0.15) is 44.6 Å². The first-order valence-corrected chi connectivity index (χ1v) is 13.1. The summed E-state index contributed by atoms with van der Waals surface area (Å²) in [5.41, 5.74) is 0.620. The van der Waals surface area contributed by atoms with E-state index in [1.54, 1.807) is 32.4 Å². The summed E-state index contributed by atoms with van der Waals surface area (Å²) in [5, 5.41) is 22.1. The summed E-state index contributed by atoms with van der Waals surface area (Å²) >= 11 is 0. The molecule has 0 radical (unpaired) electrons. The molecule has 1 saturated carbocycles. The van der Waals surface area contributed by atoms with E-state index in [2.05, 4.69) is 30.1 Å². The zero-order chi connectivity index (χ0) is 25.8. The van der Waals surface area contributed by atoms with Gasteiger partial charge in [0.1, 0.15) is 23.5 Å². The largest absolute Gasteiger partial charge is 0.455 e. The maximum absolute atomic E-state index is 12.9. The van der Waals surface area contributed by atoms with Crippen molar-refractivity contribution in [3.63, 3.8) is 0 Å². The molecule has 2 aliphatic heterocycles. The standard InChI is InChI=1S/C28H39NO7/c1-14-11-15(2)28-18(12-19(33-5)13-34-24(14)17(4)30)8-9-20-22(28)23(31)16(3)25(26(20)36-28)35-27(32)21-7-6-10-29-21/h6-11,14,16-20,22-26,29-31H,12-13H2,1-5H3/b15-11+/t14-,16-,17-,18-,19+,20-,22?,23-,24-,25-,26-,28?/m1/s1. The summed E-state index contributed by atoms with van der Waals surface area (Å²) in [4.78, 5) is 15.8. The normalized spacial score (nSPS) is 46.4. The second-order valence-electron chi connectivity index (χ2n) is 11.1. The van der Waals surface area contributed by atoms with Gasteiger partial charge in [0.25, 0.3) is 0 Å². The van der Waals surface area contributed by atoms with E-state index in [0.717, 1.165) is 5.57 Å². The minimum Gasteiger partial charge on any atom is -0.455 e. The summed E-state index contributed by atoms with van der Waals surface area (Å²) in [6.45, 7) is 8.13. The molecule has 198 valence electrons. The number of hydrogen-bond donors (Lipinski definition) is 3. The molecule has 2 fully saturated rings. The zero-order valence-corrected chi connectivity index (χ0v) is 21.7. The van der Waals surface area contributed by atoms with Gasteiger partial charge in [-0.1, -0.05) is 32.1 Å². The first-order valence-electron chi connectivity index (χ1n) is 13.1. The third kappa shape index (κ3) is 3.98. The molecular weight excluding hydrogens is 462 g/mol. The Bertz CT molecular complexity index is 1000. The van der Waals surface area contributed by atoms with Crippen molar-refractivity contribution >= 4 is 5.97 Å². The monoisotopic (exact) mass is 501 g/mol. The molecule has 0 aromatic carbocycles. The average Bonchev–Trinajstić information content (AvgIpc) is 3.44. The van der Waals surface area contributed by atoms with Gasteiger partial charge in [-0.2, -0.15) is 0 Å². The number of aromatic nitrogens is 1. The number of carbonyl (C=O) groups is 1. The minimum atomic E-state index is -0.767. The van der Waals surface area contributed by atoms with Crippen molar-refractivity contribution in [2.45, 2.75) is 76.3 Å². The van der Waals surface area contributed by atoms with Crippen molar-refractivity contribution in [2.24, 2.45) is 29.6 Å². The van der Waals surface area contributed by atoms with Crippen molar-refractivity contribution in [2.75, 3.05) is 13.7 Å². The number of aromatic amines is 1. The summed E-state index contributed by atoms with van der Waals surface area (Å²) in [7, 11) is 1.67. The van der Waals surface area contributed by atoms with E-state index in [1.165, 1.54) is 0 Å². The lowest BCUT2D eigenvalue weighted by molar-refractivity contribution is -0.117. The lowest BCUT2D eigenvalue weighted by Crippen LogP contribution is -2.57. The van der Waals surface area contributed by atoms with Crippen LogP contribution in [0.4, 0.5) is 0 Å². The van der Waals surface area contributed by atoms with E-state index in [4.69, 9.17) is 18.9 Å². The zero-order valence-electron chi connectivity index (χ0n) is 21.7. The summed E-state index contributed by atoms with van der Waals surface area (Å²) < 4.78 is 24.9. The number of H-pyrrole nitrogens is 1. The molecule has 0 amide bonds. The second kappa shape index (κ2) is 9.72. The number of aliphatic hydroxyl groups is 2. The predicted octanol–water partition coefficient (Wildman–Crippen LogP) is 2.87. The van der Waals surface area contributed by atoms with Crippen molar-refractivity contribution < 1.29 is 34.0 Å². The topological polar surface area (TPSA) is 110 Å². The molecule has 36 heavy (non-hydrogen) atoms. The molecule has 2 aliphatic carbocycles. The number of rotatable bonds is 4. The molecule has 12 atom stereocenters. The van der Waals surface area contributed by atoms with E-state index >= 15 is 0 Å². The number of hydrogen-bond acceptors (Lipinski definition) is 7. The van der Waals surface area contributed by atoms with Crippen LogP contribution in [-0.2, 0) is 18.9 Å². The van der Waals surface area contributed by atoms with Crippen LogP contribution in [-0.4, -0.2) is 77.1 Å². The molecule has 1 aromatic rings. The van der Waals surface area contributed by atoms with Crippen LogP contribution in [0.2, 0.25) is 0 Å². The number of carbonyl (C=O) groups excluding carboxylic acids is 1. The third-order valence-electron chi connectivity index (χ3n) is 8.99. The molecule has 2 unspecified atom stereocenters. The lowest BCUT2D eigenvalue weighted by Gasteiger charge is -2.49. The number of nitrogens with one attached hydrogen (secondary N) is 1. The number of ether oxygens (including phenoxy) is 4. The van der Waals surface area contributed by atoms with Crippen LogP contribution in [0.5, 0.6) is 0 Å². The molecule has 4 bridgehead atoms. The van der Waals surface area contributed by atoms with E-state index in [1.807, 2.05) is 13.8 Å². The van der Waals surface area contributed by atoms with Gasteiger partial charge in [-0.3, -0.25) is 0 Å². The molecule has 5 rings (SSSR count). The van der Waals surface area contributed by atoms with E-state index < -0.39 is 29.9 Å². The van der Waals surface area contributed by atoms with E-state index in [9.17, 15) is 15.0 Å². The van der Waals surface area contributed by atoms with E-state index in [0.29, 0.717) is 18.7 Å². The summed E-state index contributed by atoms with van der Waals surface area (Å²) in [6, 6.07) is 3.43. The summed E-state index contributed by atoms with van der Waals surface area (Å²) in [5.74, 6) is -1.15. The minimum absolute atomic E-state index is 0.0523. The molecular formula is C28H39NO7. The quantitative estimate of drug-likeness (QED) is 0.430. The molecule has 8 nitrogen and oxygen atoms in total. The first-order chi connectivity index (χ1) is 17.2. The Labute approximate surface area is 212 Å². The Balaban J connectivity index is 1.55. The average molecular weight is 502 g/mol. The van der Waals surface area contributed by atoms with Crippen LogP contribution >= 0.6 is 0 Å². The van der Waals surface area contributed by atoms with Gasteiger partial charge in [-0.15, -0.1) is 0 Å². The van der Waals surface area contributed by atoms with Gasteiger partial charge in [-0.05, 0) is 38.0 Å². The van der Waals surface area contributed by atoms with Gasteiger partial charge in [-0.25, -0.2) is 4.79 Å². The van der Waals surface area contributed by atoms with E-state index in [-0.39, 0.29) is 47.9 Å². The Morgan fingerprint density at radius 2 is 2.08 bits per heavy atom. The lowest BCUT2D eigenvalue weighted by atomic mass is 9.57. The second-order valence-corrected chi connectivity index (χ2v) is 11.1. The number of methoxy groups -OCH3 is 1. The van der Waals surface area contributed by atoms with Gasteiger partial charge < -0.3 is 34.1 Å². The highest BCUT2D eigenvalue weighted by Gasteiger charge is 2.68. The molecule has 3 N–H and O–H groups in total. The fourth-order valence-corrected chi connectivity index (χ4v) is 7.23. The molecule has 1 saturated heterocycles. The van der Waals surface area contributed by atoms with Gasteiger partial charge >= 0.3 is 5.97 Å². The van der Waals surface area contributed by atoms with Crippen molar-refractivity contribution in [3.05, 3.63) is 47.8 Å². The fraction of sp³-hybridized carbons (Fsp3) is 0.679. The van der Waals surface area contributed by atoms with Crippen molar-refractivity contribution in [3.8, 4) is 0 Å². The highest BCUT2D eigenvalue weighted by atomic mass is 16.6. The first kappa shape index (κ1) is 25.7. The number of aliphatic hydroxyl groups excluding tert-OH is 2. The SMILES string of the molecule is CO[C@@H]1CO[C@@H]([C@@H](C)O)[C@H](C)/C=C(\C)C23O[C@H]4[C@H](OC(=O)c5ccc[nH]5)[C@H](C)[C@@H](O)C2[C@H]4C=C[C@@H]3C1. The molecule has 1 aromatic heterocycles. The Morgan fingerprint density at radius 1 is 1.31 bits per heavy atom. The van der Waals surface area contributed by atoms with Crippen molar-refractivity contribution in [1.82, 2.24) is 4.98 Å². The number of esters is 1. The highest BCUT2D eigenvalue weighted by Crippen LogP contribution is 2.61. The van der Waals surface area contributed by atoms with Crippen LogP contribution in [0.3, 0.4) is 0 Å². The maximum atomic E-state index is 12.9. The molecule has 4 aliphatic rings. The highest BCUT2D eigenvalue weighted by molar-refractivity contribution is 5.87. The van der Waals surface area contributed by atoms with Crippen LogP contribution in [0, 0.1) is 29.6 Å². The van der Waals surface area contributed by atoms with Crippen LogP contribution < -0.4 is 0 Å². The van der Waals surface area contributed by atoms with Crippen LogP contribution in [0.15, 0.2) is 42.1 Å².